The number of rotatable bonds is 4. The van der Waals surface area contributed by atoms with Crippen LogP contribution >= 0.6 is 0 Å². The van der Waals surface area contributed by atoms with Crippen LogP contribution in [-0.4, -0.2) is 17.9 Å². The summed E-state index contributed by atoms with van der Waals surface area (Å²) < 4.78 is 0. The topological polar surface area (TPSA) is 72.2 Å². The van der Waals surface area contributed by atoms with Crippen molar-refractivity contribution in [2.75, 3.05) is 0 Å². The smallest absolute Gasteiger partial charge is 0.244 e. The van der Waals surface area contributed by atoms with Gasteiger partial charge in [0.15, 0.2) is 0 Å². The summed E-state index contributed by atoms with van der Waals surface area (Å²) in [6.45, 7) is 7.68. The van der Waals surface area contributed by atoms with E-state index in [1.807, 2.05) is 33.8 Å². The summed E-state index contributed by atoms with van der Waals surface area (Å²) in [6.07, 6.45) is 4.73. The lowest BCUT2D eigenvalue weighted by Crippen LogP contribution is -2.44. The molecule has 0 aromatic heterocycles. The fourth-order valence-corrected chi connectivity index (χ4v) is 2.29. The first kappa shape index (κ1) is 14.5. The van der Waals surface area contributed by atoms with Gasteiger partial charge < -0.3 is 11.1 Å². The van der Waals surface area contributed by atoms with Gasteiger partial charge in [-0.05, 0) is 33.6 Å². The van der Waals surface area contributed by atoms with Crippen molar-refractivity contribution in [3.05, 3.63) is 23.3 Å². The van der Waals surface area contributed by atoms with E-state index in [2.05, 4.69) is 5.32 Å². The largest absolute Gasteiger partial charge is 0.366 e. The molecule has 1 unspecified atom stereocenters. The molecule has 4 heteroatoms. The molecule has 0 aromatic rings. The van der Waals surface area contributed by atoms with E-state index in [1.165, 1.54) is 0 Å². The Bertz CT molecular complexity index is 422. The van der Waals surface area contributed by atoms with Crippen LogP contribution in [0.1, 0.15) is 40.5 Å². The molecule has 100 valence electrons. The van der Waals surface area contributed by atoms with Crippen molar-refractivity contribution in [3.63, 3.8) is 0 Å². The number of hydrogen-bond donors (Lipinski definition) is 2. The van der Waals surface area contributed by atoms with Crippen LogP contribution < -0.4 is 11.1 Å². The molecule has 0 aromatic carbocycles. The average molecular weight is 250 g/mol. The third kappa shape index (κ3) is 3.00. The van der Waals surface area contributed by atoms with Crippen LogP contribution in [0, 0.1) is 5.41 Å². The molecule has 1 aliphatic carbocycles. The van der Waals surface area contributed by atoms with Gasteiger partial charge in [0, 0.05) is 11.6 Å². The van der Waals surface area contributed by atoms with Gasteiger partial charge >= 0.3 is 0 Å². The standard InChI is InChI=1S/C14H22N2O2/c1-5-14(13(18)16-9(2)3)7-10(4)6-11(8-14)12(15)17/h6-7,9H,5,8H2,1-4H3,(H2,15,17)(H,16,18). The lowest BCUT2D eigenvalue weighted by Gasteiger charge is -2.32. The number of amides is 2. The normalized spacial score (nSPS) is 23.4. The van der Waals surface area contributed by atoms with Crippen LogP contribution in [0.15, 0.2) is 23.3 Å². The summed E-state index contributed by atoms with van der Waals surface area (Å²) in [6, 6.07) is 0.0811. The molecule has 0 spiro atoms. The Hall–Kier alpha value is -1.58. The second-order valence-electron chi connectivity index (χ2n) is 5.24. The molecular weight excluding hydrogens is 228 g/mol. The number of hydrogen-bond acceptors (Lipinski definition) is 2. The summed E-state index contributed by atoms with van der Waals surface area (Å²) >= 11 is 0. The van der Waals surface area contributed by atoms with Crippen LogP contribution in [0.25, 0.3) is 0 Å². The summed E-state index contributed by atoms with van der Waals surface area (Å²) in [7, 11) is 0. The number of carbonyl (C=O) groups is 2. The van der Waals surface area contributed by atoms with Crippen molar-refractivity contribution in [1.82, 2.24) is 5.32 Å². The predicted octanol–water partition coefficient (Wildman–Crippen LogP) is 1.67. The van der Waals surface area contributed by atoms with Gasteiger partial charge in [-0.15, -0.1) is 0 Å². The lowest BCUT2D eigenvalue weighted by molar-refractivity contribution is -0.129. The fraction of sp³-hybridized carbons (Fsp3) is 0.571. The molecule has 4 nitrogen and oxygen atoms in total. The number of allylic oxidation sites excluding steroid dienone is 2. The number of nitrogens with one attached hydrogen (secondary N) is 1. The van der Waals surface area contributed by atoms with Crippen molar-refractivity contribution >= 4 is 11.8 Å². The predicted molar refractivity (Wildman–Crippen MR) is 71.7 cm³/mol. The van der Waals surface area contributed by atoms with E-state index in [-0.39, 0.29) is 11.9 Å². The maximum Gasteiger partial charge on any atom is 0.244 e. The number of carbonyl (C=O) groups excluding carboxylic acids is 2. The monoisotopic (exact) mass is 250 g/mol. The molecule has 1 rings (SSSR count). The maximum atomic E-state index is 12.3. The highest BCUT2D eigenvalue weighted by Gasteiger charge is 2.38. The molecule has 2 amide bonds. The third-order valence-electron chi connectivity index (χ3n) is 3.23. The third-order valence-corrected chi connectivity index (χ3v) is 3.23. The lowest BCUT2D eigenvalue weighted by atomic mass is 9.73. The first-order chi connectivity index (χ1) is 8.30. The van der Waals surface area contributed by atoms with Crippen molar-refractivity contribution < 1.29 is 9.59 Å². The molecule has 0 bridgehead atoms. The van der Waals surface area contributed by atoms with Crippen molar-refractivity contribution in [2.24, 2.45) is 11.1 Å². The van der Waals surface area contributed by atoms with Gasteiger partial charge in [0.25, 0.3) is 0 Å². The van der Waals surface area contributed by atoms with Gasteiger partial charge in [0.05, 0.1) is 5.41 Å². The molecule has 0 heterocycles. The Labute approximate surface area is 108 Å². The Morgan fingerprint density at radius 1 is 1.50 bits per heavy atom. The van der Waals surface area contributed by atoms with Gasteiger partial charge in [0.2, 0.25) is 11.8 Å². The Balaban J connectivity index is 3.07. The molecule has 18 heavy (non-hydrogen) atoms. The summed E-state index contributed by atoms with van der Waals surface area (Å²) in [5, 5.41) is 2.92. The number of nitrogens with two attached hydrogens (primary N) is 1. The summed E-state index contributed by atoms with van der Waals surface area (Å²) in [5.41, 5.74) is 6.13. The minimum atomic E-state index is -0.645. The Morgan fingerprint density at radius 3 is 2.56 bits per heavy atom. The van der Waals surface area contributed by atoms with Gasteiger partial charge in [-0.2, -0.15) is 0 Å². The summed E-state index contributed by atoms with van der Waals surface area (Å²) in [4.78, 5) is 23.7. The highest BCUT2D eigenvalue weighted by molar-refractivity contribution is 5.95. The van der Waals surface area contributed by atoms with Gasteiger partial charge in [-0.1, -0.05) is 24.6 Å². The fourth-order valence-electron chi connectivity index (χ4n) is 2.29. The van der Waals surface area contributed by atoms with E-state index in [1.54, 1.807) is 6.08 Å². The van der Waals surface area contributed by atoms with Crippen LogP contribution in [-0.2, 0) is 9.59 Å². The van der Waals surface area contributed by atoms with Gasteiger partial charge in [0.1, 0.15) is 0 Å². The van der Waals surface area contributed by atoms with Crippen molar-refractivity contribution in [2.45, 2.75) is 46.6 Å². The molecular formula is C14H22N2O2. The zero-order chi connectivity index (χ0) is 13.9. The average Bonchev–Trinajstić information content (AvgIpc) is 2.26. The first-order valence-electron chi connectivity index (χ1n) is 6.31. The van der Waals surface area contributed by atoms with Crippen molar-refractivity contribution in [3.8, 4) is 0 Å². The molecule has 0 fully saturated rings. The molecule has 0 saturated carbocycles. The van der Waals surface area contributed by atoms with E-state index in [9.17, 15) is 9.59 Å². The van der Waals surface area contributed by atoms with Crippen LogP contribution in [0.4, 0.5) is 0 Å². The van der Waals surface area contributed by atoms with Crippen molar-refractivity contribution in [1.29, 1.82) is 0 Å². The molecule has 0 radical (unpaired) electrons. The van der Waals surface area contributed by atoms with Crippen LogP contribution in [0.2, 0.25) is 0 Å². The molecule has 0 saturated heterocycles. The molecule has 3 N–H and O–H groups in total. The van der Waals surface area contributed by atoms with Gasteiger partial charge in [-0.3, -0.25) is 9.59 Å². The minimum absolute atomic E-state index is 0.0359. The molecule has 1 atom stereocenters. The second kappa shape index (κ2) is 5.38. The molecule has 0 aliphatic heterocycles. The Morgan fingerprint density at radius 2 is 2.11 bits per heavy atom. The highest BCUT2D eigenvalue weighted by atomic mass is 16.2. The quantitative estimate of drug-likeness (QED) is 0.796. The van der Waals surface area contributed by atoms with E-state index in [4.69, 9.17) is 5.73 Å². The van der Waals surface area contributed by atoms with Crippen LogP contribution in [0.3, 0.4) is 0 Å². The van der Waals surface area contributed by atoms with Gasteiger partial charge in [-0.25, -0.2) is 0 Å². The van der Waals surface area contributed by atoms with E-state index >= 15 is 0 Å². The highest BCUT2D eigenvalue weighted by Crippen LogP contribution is 2.37. The van der Waals surface area contributed by atoms with E-state index < -0.39 is 11.3 Å². The minimum Gasteiger partial charge on any atom is -0.366 e. The first-order valence-corrected chi connectivity index (χ1v) is 6.31. The Kier molecular flexibility index (Phi) is 4.33. The van der Waals surface area contributed by atoms with Crippen LogP contribution in [0.5, 0.6) is 0 Å². The second-order valence-corrected chi connectivity index (χ2v) is 5.24. The summed E-state index contributed by atoms with van der Waals surface area (Å²) in [5.74, 6) is -0.483. The van der Waals surface area contributed by atoms with E-state index in [0.717, 1.165) is 5.57 Å². The number of primary amides is 1. The SMILES string of the molecule is CCC1(C(=O)NC(C)C)C=C(C)C=C(C(N)=O)C1. The zero-order valence-electron chi connectivity index (χ0n) is 11.5. The maximum absolute atomic E-state index is 12.3. The zero-order valence-corrected chi connectivity index (χ0v) is 11.5. The molecule has 1 aliphatic rings. The van der Waals surface area contributed by atoms with E-state index in [0.29, 0.717) is 18.4 Å².